The van der Waals surface area contributed by atoms with Crippen LogP contribution in [-0.2, 0) is 4.74 Å². The number of nitrogens with two attached hydrogens (primary N) is 1. The molecule has 86 valence electrons. The van der Waals surface area contributed by atoms with Crippen molar-refractivity contribution in [3.63, 3.8) is 0 Å². The van der Waals surface area contributed by atoms with E-state index in [0.29, 0.717) is 6.61 Å². The second-order valence-corrected chi connectivity index (χ2v) is 5.06. The molecular formula is C11H18ClNOS. The number of hydrogen-bond donors (Lipinski definition) is 1. The maximum Gasteiger partial charge on any atom is 0.0852 e. The molecule has 4 heteroatoms. The second-order valence-electron chi connectivity index (χ2n) is 3.71. The smallest absolute Gasteiger partial charge is 0.0852 e. The molecule has 0 bridgehead atoms. The fourth-order valence-corrected chi connectivity index (χ4v) is 2.86. The van der Waals surface area contributed by atoms with Gasteiger partial charge in [-0.25, -0.2) is 0 Å². The summed E-state index contributed by atoms with van der Waals surface area (Å²) in [5.74, 6) is 0. The Hall–Kier alpha value is -0.0900. The van der Waals surface area contributed by atoms with E-state index < -0.39 is 0 Å². The van der Waals surface area contributed by atoms with E-state index >= 15 is 0 Å². The molecule has 15 heavy (non-hydrogen) atoms. The summed E-state index contributed by atoms with van der Waals surface area (Å²) >= 11 is 7.66. The monoisotopic (exact) mass is 247 g/mol. The number of hydrogen-bond acceptors (Lipinski definition) is 3. The third-order valence-corrected chi connectivity index (χ3v) is 4.20. The molecule has 2 atom stereocenters. The lowest BCUT2D eigenvalue weighted by atomic mass is 9.92. The Morgan fingerprint density at radius 3 is 2.67 bits per heavy atom. The van der Waals surface area contributed by atoms with E-state index in [4.69, 9.17) is 22.1 Å². The molecule has 0 spiro atoms. The summed E-state index contributed by atoms with van der Waals surface area (Å²) < 4.78 is 5.74. The molecule has 0 aromatic carbocycles. The quantitative estimate of drug-likeness (QED) is 0.863. The standard InChI is InChI=1S/C11H18ClNOS/c1-4-11(3,14-5-2)10(13)9-8(12)6-7-15-9/h6-7,10H,4-5,13H2,1-3H3. The van der Waals surface area contributed by atoms with Crippen LogP contribution >= 0.6 is 22.9 Å². The first-order valence-corrected chi connectivity index (χ1v) is 6.43. The van der Waals surface area contributed by atoms with E-state index in [-0.39, 0.29) is 11.6 Å². The van der Waals surface area contributed by atoms with E-state index in [1.165, 1.54) is 0 Å². The predicted octanol–water partition coefficient (Wildman–Crippen LogP) is 3.61. The first-order valence-electron chi connectivity index (χ1n) is 5.17. The van der Waals surface area contributed by atoms with Gasteiger partial charge in [-0.2, -0.15) is 0 Å². The maximum absolute atomic E-state index is 6.22. The lowest BCUT2D eigenvalue weighted by Crippen LogP contribution is -2.40. The van der Waals surface area contributed by atoms with Crippen LogP contribution in [0.4, 0.5) is 0 Å². The van der Waals surface area contributed by atoms with Gasteiger partial charge in [-0.05, 0) is 31.7 Å². The van der Waals surface area contributed by atoms with Crippen LogP contribution < -0.4 is 5.73 Å². The average molecular weight is 248 g/mol. The molecule has 2 unspecified atom stereocenters. The lowest BCUT2D eigenvalue weighted by molar-refractivity contribution is -0.0464. The minimum absolute atomic E-state index is 0.157. The predicted molar refractivity (Wildman–Crippen MR) is 66.6 cm³/mol. The van der Waals surface area contributed by atoms with E-state index in [2.05, 4.69) is 6.92 Å². The zero-order valence-electron chi connectivity index (χ0n) is 9.42. The second kappa shape index (κ2) is 5.30. The van der Waals surface area contributed by atoms with Gasteiger partial charge in [-0.3, -0.25) is 0 Å². The Balaban J connectivity index is 2.91. The van der Waals surface area contributed by atoms with Crippen LogP contribution in [0.2, 0.25) is 5.02 Å². The molecule has 2 nitrogen and oxygen atoms in total. The van der Waals surface area contributed by atoms with E-state index in [9.17, 15) is 0 Å². The van der Waals surface area contributed by atoms with Crippen molar-refractivity contribution in [1.82, 2.24) is 0 Å². The van der Waals surface area contributed by atoms with Crippen LogP contribution in [0.15, 0.2) is 11.4 Å². The van der Waals surface area contributed by atoms with Crippen molar-refractivity contribution in [2.24, 2.45) is 5.73 Å². The number of halogens is 1. The third-order valence-electron chi connectivity index (χ3n) is 2.76. The molecular weight excluding hydrogens is 230 g/mol. The van der Waals surface area contributed by atoms with Gasteiger partial charge < -0.3 is 10.5 Å². The van der Waals surface area contributed by atoms with Gasteiger partial charge in [0, 0.05) is 11.5 Å². The van der Waals surface area contributed by atoms with Gasteiger partial charge in [0.25, 0.3) is 0 Å². The number of ether oxygens (including phenoxy) is 1. The summed E-state index contributed by atoms with van der Waals surface area (Å²) in [6.07, 6.45) is 0.871. The summed E-state index contributed by atoms with van der Waals surface area (Å²) in [4.78, 5) is 1.01. The number of rotatable bonds is 5. The van der Waals surface area contributed by atoms with Crippen LogP contribution in [-0.4, -0.2) is 12.2 Å². The van der Waals surface area contributed by atoms with E-state index in [1.54, 1.807) is 11.3 Å². The third kappa shape index (κ3) is 2.72. The largest absolute Gasteiger partial charge is 0.374 e. The molecule has 0 aliphatic carbocycles. The summed E-state index contributed by atoms with van der Waals surface area (Å²) in [5.41, 5.74) is 5.89. The van der Waals surface area contributed by atoms with Gasteiger partial charge in [-0.15, -0.1) is 11.3 Å². The van der Waals surface area contributed by atoms with Crippen LogP contribution in [0.25, 0.3) is 0 Å². The molecule has 0 saturated carbocycles. The Kier molecular flexibility index (Phi) is 4.59. The molecule has 1 rings (SSSR count). The Labute approximate surface area is 100 Å². The highest BCUT2D eigenvalue weighted by Crippen LogP contribution is 2.36. The molecule has 1 heterocycles. The normalized spacial score (nSPS) is 17.4. The Morgan fingerprint density at radius 1 is 1.60 bits per heavy atom. The van der Waals surface area contributed by atoms with Crippen molar-refractivity contribution in [2.45, 2.75) is 38.8 Å². The van der Waals surface area contributed by atoms with E-state index in [0.717, 1.165) is 16.3 Å². The molecule has 0 amide bonds. The summed E-state index contributed by atoms with van der Waals surface area (Å²) in [6, 6.07) is 1.72. The van der Waals surface area contributed by atoms with E-state index in [1.807, 2.05) is 25.3 Å². The highest BCUT2D eigenvalue weighted by Gasteiger charge is 2.33. The molecule has 1 aromatic rings. The van der Waals surface area contributed by atoms with Crippen molar-refractivity contribution < 1.29 is 4.74 Å². The van der Waals surface area contributed by atoms with Crippen molar-refractivity contribution in [2.75, 3.05) is 6.61 Å². The highest BCUT2D eigenvalue weighted by atomic mass is 35.5. The van der Waals surface area contributed by atoms with Crippen molar-refractivity contribution in [3.8, 4) is 0 Å². The SMILES string of the molecule is CCOC(C)(CC)C(N)c1sccc1Cl. The first kappa shape index (κ1) is 13.0. The maximum atomic E-state index is 6.22. The van der Waals surface area contributed by atoms with Gasteiger partial charge in [0.05, 0.1) is 16.7 Å². The van der Waals surface area contributed by atoms with Crippen molar-refractivity contribution in [3.05, 3.63) is 21.3 Å². The fraction of sp³-hybridized carbons (Fsp3) is 0.636. The fourth-order valence-electron chi connectivity index (χ4n) is 1.55. The van der Waals surface area contributed by atoms with Crippen LogP contribution in [0, 0.1) is 0 Å². The van der Waals surface area contributed by atoms with Crippen LogP contribution in [0.1, 0.15) is 38.1 Å². The topological polar surface area (TPSA) is 35.2 Å². The molecule has 0 aliphatic heterocycles. The zero-order chi connectivity index (χ0) is 11.5. The lowest BCUT2D eigenvalue weighted by Gasteiger charge is -2.34. The average Bonchev–Trinajstić information content (AvgIpc) is 2.63. The molecule has 1 aromatic heterocycles. The van der Waals surface area contributed by atoms with Crippen molar-refractivity contribution >= 4 is 22.9 Å². The van der Waals surface area contributed by atoms with Gasteiger partial charge in [0.1, 0.15) is 0 Å². The highest BCUT2D eigenvalue weighted by molar-refractivity contribution is 7.10. The molecule has 0 fully saturated rings. The van der Waals surface area contributed by atoms with Gasteiger partial charge in [0.2, 0.25) is 0 Å². The minimum Gasteiger partial charge on any atom is -0.374 e. The molecule has 0 saturated heterocycles. The summed E-state index contributed by atoms with van der Waals surface area (Å²) in [5, 5.41) is 2.70. The van der Waals surface area contributed by atoms with Gasteiger partial charge >= 0.3 is 0 Å². The van der Waals surface area contributed by atoms with Crippen LogP contribution in [0.5, 0.6) is 0 Å². The summed E-state index contributed by atoms with van der Waals surface area (Å²) in [6.45, 7) is 6.77. The van der Waals surface area contributed by atoms with Crippen LogP contribution in [0.3, 0.4) is 0 Å². The Morgan fingerprint density at radius 2 is 2.27 bits per heavy atom. The Bertz CT molecular complexity index is 315. The minimum atomic E-state index is -0.330. The zero-order valence-corrected chi connectivity index (χ0v) is 11.0. The first-order chi connectivity index (χ1) is 7.05. The van der Waals surface area contributed by atoms with Gasteiger partial charge in [-0.1, -0.05) is 18.5 Å². The van der Waals surface area contributed by atoms with Gasteiger partial charge in [0.15, 0.2) is 0 Å². The molecule has 0 radical (unpaired) electrons. The number of thiophene rings is 1. The molecule has 0 aliphatic rings. The summed E-state index contributed by atoms with van der Waals surface area (Å²) in [7, 11) is 0. The van der Waals surface area contributed by atoms with Crippen molar-refractivity contribution in [1.29, 1.82) is 0 Å². The molecule has 2 N–H and O–H groups in total.